The summed E-state index contributed by atoms with van der Waals surface area (Å²) in [7, 11) is 0. The van der Waals surface area contributed by atoms with Gasteiger partial charge in [-0.05, 0) is 25.1 Å². The summed E-state index contributed by atoms with van der Waals surface area (Å²) < 4.78 is 1.84. The number of carbonyl (C=O) groups is 1. The number of para-hydroxylation sites is 1. The van der Waals surface area contributed by atoms with Crippen LogP contribution in [0.2, 0.25) is 0 Å². The molecule has 29 heavy (non-hydrogen) atoms. The number of nitrogens with zero attached hydrogens (tertiary/aromatic N) is 3. The Balaban J connectivity index is 1.72. The number of hydrogen-bond donors (Lipinski definition) is 2. The molecule has 0 saturated heterocycles. The lowest BCUT2D eigenvalue weighted by Gasteiger charge is -2.11. The first-order chi connectivity index (χ1) is 14.1. The van der Waals surface area contributed by atoms with Crippen LogP contribution in [-0.4, -0.2) is 25.8 Å². The van der Waals surface area contributed by atoms with Crippen LogP contribution in [0.25, 0.3) is 16.9 Å². The fourth-order valence-corrected chi connectivity index (χ4v) is 3.24. The van der Waals surface area contributed by atoms with Crippen LogP contribution in [0.4, 0.5) is 5.69 Å². The zero-order valence-electron chi connectivity index (χ0n) is 15.9. The number of aromatic nitrogens is 3. The number of pyridine rings is 1. The molecule has 2 N–H and O–H groups in total. The van der Waals surface area contributed by atoms with E-state index in [0.717, 1.165) is 22.5 Å². The van der Waals surface area contributed by atoms with Crippen LogP contribution >= 0.6 is 0 Å². The maximum atomic E-state index is 11.6. The van der Waals surface area contributed by atoms with Crippen molar-refractivity contribution in [3.05, 3.63) is 95.9 Å². The number of benzene rings is 2. The molecular formula is C23H20N4O2. The summed E-state index contributed by atoms with van der Waals surface area (Å²) in [6.07, 6.45) is 3.48. The highest BCUT2D eigenvalue weighted by Gasteiger charge is 2.16. The van der Waals surface area contributed by atoms with Crippen molar-refractivity contribution in [2.75, 3.05) is 5.32 Å². The van der Waals surface area contributed by atoms with Gasteiger partial charge in [0.25, 0.3) is 0 Å². The van der Waals surface area contributed by atoms with Crippen LogP contribution in [0.1, 0.15) is 21.6 Å². The minimum absolute atomic E-state index is 0.203. The number of nitrogens with one attached hydrogen (secondary N) is 1. The van der Waals surface area contributed by atoms with Gasteiger partial charge in [0.2, 0.25) is 0 Å². The highest BCUT2D eigenvalue weighted by atomic mass is 16.4. The zero-order valence-corrected chi connectivity index (χ0v) is 15.9. The summed E-state index contributed by atoms with van der Waals surface area (Å²) in [5, 5.41) is 17.5. The molecule has 2 aromatic heterocycles. The Morgan fingerprint density at radius 2 is 1.72 bits per heavy atom. The third kappa shape index (κ3) is 3.87. The van der Waals surface area contributed by atoms with Crippen molar-refractivity contribution in [2.24, 2.45) is 0 Å². The number of hydrogen-bond acceptors (Lipinski definition) is 4. The Morgan fingerprint density at radius 3 is 2.41 bits per heavy atom. The van der Waals surface area contributed by atoms with Crippen molar-refractivity contribution < 1.29 is 9.90 Å². The lowest BCUT2D eigenvalue weighted by Crippen LogP contribution is -2.09. The van der Waals surface area contributed by atoms with Crippen LogP contribution in [-0.2, 0) is 6.54 Å². The molecule has 0 fully saturated rings. The fourth-order valence-electron chi connectivity index (χ4n) is 3.24. The average Bonchev–Trinajstić information content (AvgIpc) is 3.18. The lowest BCUT2D eigenvalue weighted by molar-refractivity contribution is 0.0697. The van der Waals surface area contributed by atoms with Gasteiger partial charge in [-0.15, -0.1) is 0 Å². The molecule has 2 heterocycles. The van der Waals surface area contributed by atoms with Gasteiger partial charge in [-0.1, -0.05) is 48.5 Å². The van der Waals surface area contributed by atoms with Gasteiger partial charge in [-0.2, -0.15) is 5.10 Å². The predicted molar refractivity (Wildman–Crippen MR) is 112 cm³/mol. The van der Waals surface area contributed by atoms with Gasteiger partial charge < -0.3 is 10.4 Å². The van der Waals surface area contributed by atoms with Crippen LogP contribution in [0.5, 0.6) is 0 Å². The van der Waals surface area contributed by atoms with Gasteiger partial charge in [-0.25, -0.2) is 9.48 Å². The van der Waals surface area contributed by atoms with E-state index in [1.165, 1.54) is 12.3 Å². The topological polar surface area (TPSA) is 80.0 Å². The quantitative estimate of drug-likeness (QED) is 0.510. The molecule has 4 aromatic rings. The number of carboxylic acid groups (broad SMARTS) is 1. The predicted octanol–water partition coefficient (Wildman–Crippen LogP) is 4.55. The van der Waals surface area contributed by atoms with E-state index in [9.17, 15) is 9.90 Å². The molecule has 0 amide bonds. The first kappa shape index (κ1) is 18.4. The average molecular weight is 384 g/mol. The largest absolute Gasteiger partial charge is 0.478 e. The van der Waals surface area contributed by atoms with Crippen LogP contribution < -0.4 is 5.32 Å². The first-order valence-electron chi connectivity index (χ1n) is 9.25. The van der Waals surface area contributed by atoms with Crippen LogP contribution in [0, 0.1) is 6.92 Å². The van der Waals surface area contributed by atoms with E-state index in [2.05, 4.69) is 10.3 Å². The van der Waals surface area contributed by atoms with Gasteiger partial charge in [0, 0.05) is 30.1 Å². The molecule has 0 spiro atoms. The van der Waals surface area contributed by atoms with Crippen molar-refractivity contribution in [3.63, 3.8) is 0 Å². The molecule has 144 valence electrons. The van der Waals surface area contributed by atoms with Crippen molar-refractivity contribution >= 4 is 11.7 Å². The first-order valence-corrected chi connectivity index (χ1v) is 9.25. The highest BCUT2D eigenvalue weighted by molar-refractivity contribution is 5.94. The number of rotatable bonds is 6. The van der Waals surface area contributed by atoms with Crippen molar-refractivity contribution in [3.8, 4) is 16.9 Å². The summed E-state index contributed by atoms with van der Waals surface area (Å²) in [6.45, 7) is 2.21. The Labute approximate surface area is 168 Å². The minimum atomic E-state index is -0.985. The summed E-state index contributed by atoms with van der Waals surface area (Å²) in [6, 6.07) is 21.3. The molecule has 6 nitrogen and oxygen atoms in total. The molecule has 0 aliphatic rings. The molecule has 0 aliphatic heterocycles. The molecule has 2 aromatic carbocycles. The van der Waals surface area contributed by atoms with Crippen molar-refractivity contribution in [1.29, 1.82) is 0 Å². The van der Waals surface area contributed by atoms with Gasteiger partial charge in [0.15, 0.2) is 0 Å². The highest BCUT2D eigenvalue weighted by Crippen LogP contribution is 2.26. The molecule has 0 unspecified atom stereocenters. The number of aromatic carboxylic acids is 1. The smallest absolute Gasteiger partial charge is 0.337 e. The molecule has 0 bridgehead atoms. The van der Waals surface area contributed by atoms with Crippen LogP contribution in [0.15, 0.2) is 79.1 Å². The second kappa shape index (κ2) is 7.98. The zero-order chi connectivity index (χ0) is 20.2. The van der Waals surface area contributed by atoms with E-state index >= 15 is 0 Å². The Hall–Kier alpha value is -3.93. The summed E-state index contributed by atoms with van der Waals surface area (Å²) in [4.78, 5) is 15.8. The molecule has 0 aliphatic carbocycles. The van der Waals surface area contributed by atoms with Gasteiger partial charge >= 0.3 is 5.97 Å². The number of anilines is 1. The summed E-state index contributed by atoms with van der Waals surface area (Å²) in [5.41, 5.74) is 5.13. The second-order valence-corrected chi connectivity index (χ2v) is 6.63. The normalized spacial score (nSPS) is 10.7. The van der Waals surface area contributed by atoms with Crippen molar-refractivity contribution in [1.82, 2.24) is 14.8 Å². The van der Waals surface area contributed by atoms with Gasteiger partial charge in [0.05, 0.1) is 28.3 Å². The van der Waals surface area contributed by atoms with E-state index in [1.807, 2.05) is 71.5 Å². The molecule has 6 heteroatoms. The van der Waals surface area contributed by atoms with E-state index in [4.69, 9.17) is 5.10 Å². The maximum absolute atomic E-state index is 11.6. The third-order valence-corrected chi connectivity index (χ3v) is 4.68. The van der Waals surface area contributed by atoms with Crippen LogP contribution in [0.3, 0.4) is 0 Å². The SMILES string of the molecule is Cc1nccc(C(=O)O)c1NCc1cn(-c2ccccc2)nc1-c1ccccc1. The van der Waals surface area contributed by atoms with E-state index < -0.39 is 5.97 Å². The summed E-state index contributed by atoms with van der Waals surface area (Å²) >= 11 is 0. The fraction of sp³-hybridized carbons (Fsp3) is 0.0870. The van der Waals surface area contributed by atoms with Gasteiger partial charge in [-0.3, -0.25) is 4.98 Å². The maximum Gasteiger partial charge on any atom is 0.337 e. The van der Waals surface area contributed by atoms with E-state index in [1.54, 1.807) is 6.92 Å². The molecular weight excluding hydrogens is 364 g/mol. The Morgan fingerprint density at radius 1 is 1.03 bits per heavy atom. The van der Waals surface area contributed by atoms with Crippen molar-refractivity contribution in [2.45, 2.75) is 13.5 Å². The Kier molecular flexibility index (Phi) is 5.07. The Bertz CT molecular complexity index is 1140. The molecule has 0 radical (unpaired) electrons. The molecule has 4 rings (SSSR count). The molecule has 0 saturated carbocycles. The van der Waals surface area contributed by atoms with Gasteiger partial charge in [0.1, 0.15) is 0 Å². The lowest BCUT2D eigenvalue weighted by atomic mass is 10.1. The van der Waals surface area contributed by atoms with E-state index in [-0.39, 0.29) is 5.56 Å². The summed E-state index contributed by atoms with van der Waals surface area (Å²) in [5.74, 6) is -0.985. The van der Waals surface area contributed by atoms with E-state index in [0.29, 0.717) is 17.9 Å². The minimum Gasteiger partial charge on any atom is -0.478 e. The number of aryl methyl sites for hydroxylation is 1. The monoisotopic (exact) mass is 384 g/mol. The standard InChI is InChI=1S/C23H20N4O2/c1-16-21(20(23(28)29)12-13-24-16)25-14-18-15-27(19-10-6-3-7-11-19)26-22(18)17-8-4-2-5-9-17/h2-13,15,25H,14H2,1H3,(H,28,29). The third-order valence-electron chi connectivity index (χ3n) is 4.68. The number of carboxylic acids is 1. The second-order valence-electron chi connectivity index (χ2n) is 6.63. The molecule has 0 atom stereocenters.